The highest BCUT2D eigenvalue weighted by Crippen LogP contribution is 2.23. The molecule has 0 unspecified atom stereocenters. The predicted octanol–water partition coefficient (Wildman–Crippen LogP) is 2.95. The molecule has 23 heavy (non-hydrogen) atoms. The van der Waals surface area contributed by atoms with Crippen LogP contribution < -0.4 is 4.74 Å². The average Bonchev–Trinajstić information content (AvgIpc) is 2.43. The molecule has 1 amide bonds. The largest absolute Gasteiger partial charge is 0.480 e. The molecule has 0 aliphatic rings. The van der Waals surface area contributed by atoms with E-state index in [9.17, 15) is 9.59 Å². The van der Waals surface area contributed by atoms with Crippen LogP contribution in [0.3, 0.4) is 0 Å². The number of aromatic nitrogens is 1. The Kier molecular flexibility index (Phi) is 7.29. The average molecular weight is 343 g/mol. The van der Waals surface area contributed by atoms with E-state index in [1.165, 1.54) is 17.2 Å². The molecule has 1 heterocycles. The number of aliphatic carboxylic acids is 1. The lowest BCUT2D eigenvalue weighted by atomic mass is 10.1. The van der Waals surface area contributed by atoms with Crippen LogP contribution in [0, 0.1) is 11.8 Å². The lowest BCUT2D eigenvalue weighted by Gasteiger charge is -2.22. The summed E-state index contributed by atoms with van der Waals surface area (Å²) < 4.78 is 5.46. The third kappa shape index (κ3) is 6.44. The smallest absolute Gasteiger partial charge is 0.323 e. The van der Waals surface area contributed by atoms with Gasteiger partial charge in [-0.3, -0.25) is 9.59 Å². The Balaban J connectivity index is 2.92. The van der Waals surface area contributed by atoms with Crippen LogP contribution in [0.25, 0.3) is 0 Å². The highest BCUT2D eigenvalue weighted by atomic mass is 35.5. The SMILES string of the molecule is CC(C)COc1ncc(C(=O)N(CC(=O)O)CC(C)C)cc1Cl. The maximum absolute atomic E-state index is 12.5. The molecular formula is C16H23ClN2O4. The van der Waals surface area contributed by atoms with E-state index in [4.69, 9.17) is 21.4 Å². The molecule has 6 nitrogen and oxygen atoms in total. The normalized spacial score (nSPS) is 10.9. The molecule has 1 aromatic rings. The van der Waals surface area contributed by atoms with Gasteiger partial charge in [-0.15, -0.1) is 0 Å². The summed E-state index contributed by atoms with van der Waals surface area (Å²) in [6.45, 7) is 8.28. The number of amides is 1. The Bertz CT molecular complexity index is 561. The van der Waals surface area contributed by atoms with Crippen molar-refractivity contribution in [2.45, 2.75) is 27.7 Å². The van der Waals surface area contributed by atoms with Crippen LogP contribution in [0.15, 0.2) is 12.3 Å². The molecule has 1 rings (SSSR count). The topological polar surface area (TPSA) is 79.7 Å². The van der Waals surface area contributed by atoms with E-state index in [2.05, 4.69) is 4.98 Å². The van der Waals surface area contributed by atoms with Gasteiger partial charge in [-0.1, -0.05) is 39.3 Å². The molecule has 0 saturated heterocycles. The van der Waals surface area contributed by atoms with Crippen LogP contribution in [0.5, 0.6) is 5.88 Å². The summed E-state index contributed by atoms with van der Waals surface area (Å²) in [5.74, 6) is -0.729. The lowest BCUT2D eigenvalue weighted by molar-refractivity contribution is -0.137. The number of carbonyl (C=O) groups is 2. The van der Waals surface area contributed by atoms with E-state index in [1.54, 1.807) is 0 Å². The van der Waals surface area contributed by atoms with Crippen molar-refractivity contribution in [1.82, 2.24) is 9.88 Å². The van der Waals surface area contributed by atoms with Crippen molar-refractivity contribution < 1.29 is 19.4 Å². The number of carboxylic acids is 1. The predicted molar refractivity (Wildman–Crippen MR) is 88.0 cm³/mol. The molecule has 0 radical (unpaired) electrons. The monoisotopic (exact) mass is 342 g/mol. The molecule has 0 bridgehead atoms. The van der Waals surface area contributed by atoms with Crippen LogP contribution in [0.1, 0.15) is 38.1 Å². The molecule has 0 atom stereocenters. The quantitative estimate of drug-likeness (QED) is 0.785. The highest BCUT2D eigenvalue weighted by Gasteiger charge is 2.21. The van der Waals surface area contributed by atoms with Gasteiger partial charge in [0.05, 0.1) is 12.2 Å². The number of ether oxygens (including phenoxy) is 1. The first-order valence-electron chi connectivity index (χ1n) is 7.50. The maximum Gasteiger partial charge on any atom is 0.323 e. The molecular weight excluding hydrogens is 320 g/mol. The second kappa shape index (κ2) is 8.72. The Hall–Kier alpha value is -1.82. The first kappa shape index (κ1) is 19.2. The first-order chi connectivity index (χ1) is 10.7. The number of hydrogen-bond donors (Lipinski definition) is 1. The minimum Gasteiger partial charge on any atom is -0.480 e. The minimum atomic E-state index is -1.06. The van der Waals surface area contributed by atoms with E-state index in [0.29, 0.717) is 19.1 Å². The second-order valence-corrected chi connectivity index (χ2v) is 6.60. The van der Waals surface area contributed by atoms with Gasteiger partial charge >= 0.3 is 5.97 Å². The summed E-state index contributed by atoms with van der Waals surface area (Å²) in [6.07, 6.45) is 1.36. The van der Waals surface area contributed by atoms with E-state index in [0.717, 1.165) is 0 Å². The number of halogens is 1. The molecule has 0 aromatic carbocycles. The highest BCUT2D eigenvalue weighted by molar-refractivity contribution is 6.32. The van der Waals surface area contributed by atoms with Gasteiger partial charge in [0.25, 0.3) is 5.91 Å². The van der Waals surface area contributed by atoms with E-state index >= 15 is 0 Å². The zero-order valence-corrected chi connectivity index (χ0v) is 14.6. The van der Waals surface area contributed by atoms with E-state index < -0.39 is 11.9 Å². The van der Waals surface area contributed by atoms with Gasteiger partial charge in [0.15, 0.2) is 0 Å². The van der Waals surface area contributed by atoms with Gasteiger partial charge < -0.3 is 14.7 Å². The zero-order valence-electron chi connectivity index (χ0n) is 13.9. The number of hydrogen-bond acceptors (Lipinski definition) is 4. The van der Waals surface area contributed by atoms with Gasteiger partial charge in [0.1, 0.15) is 11.6 Å². The number of rotatable bonds is 8. The zero-order chi connectivity index (χ0) is 17.6. The van der Waals surface area contributed by atoms with E-state index in [-0.39, 0.29) is 28.9 Å². The molecule has 1 N–H and O–H groups in total. The fraction of sp³-hybridized carbons (Fsp3) is 0.562. The molecule has 0 saturated carbocycles. The van der Waals surface area contributed by atoms with Crippen LogP contribution in [-0.2, 0) is 4.79 Å². The van der Waals surface area contributed by atoms with Crippen molar-refractivity contribution in [3.63, 3.8) is 0 Å². The van der Waals surface area contributed by atoms with E-state index in [1.807, 2.05) is 27.7 Å². The molecule has 0 fully saturated rings. The molecule has 0 aliphatic heterocycles. The van der Waals surface area contributed by atoms with Crippen LogP contribution in [0.4, 0.5) is 0 Å². The summed E-state index contributed by atoms with van der Waals surface area (Å²) in [7, 11) is 0. The summed E-state index contributed by atoms with van der Waals surface area (Å²) in [5, 5.41) is 9.19. The van der Waals surface area contributed by atoms with Gasteiger partial charge in [0, 0.05) is 12.7 Å². The molecule has 0 spiro atoms. The van der Waals surface area contributed by atoms with Crippen molar-refractivity contribution >= 4 is 23.5 Å². The summed E-state index contributed by atoms with van der Waals surface area (Å²) >= 11 is 6.10. The maximum atomic E-state index is 12.5. The summed E-state index contributed by atoms with van der Waals surface area (Å²) in [4.78, 5) is 28.7. The molecule has 128 valence electrons. The summed E-state index contributed by atoms with van der Waals surface area (Å²) in [5.41, 5.74) is 0.244. The van der Waals surface area contributed by atoms with Crippen LogP contribution in [-0.4, -0.2) is 46.6 Å². The Morgan fingerprint density at radius 2 is 1.96 bits per heavy atom. The third-order valence-electron chi connectivity index (χ3n) is 2.81. The van der Waals surface area contributed by atoms with Crippen molar-refractivity contribution in [3.8, 4) is 5.88 Å². The fourth-order valence-corrected chi connectivity index (χ4v) is 2.12. The van der Waals surface area contributed by atoms with Gasteiger partial charge in [-0.25, -0.2) is 4.98 Å². The molecule has 7 heteroatoms. The number of carbonyl (C=O) groups excluding carboxylic acids is 1. The fourth-order valence-electron chi connectivity index (χ4n) is 1.90. The second-order valence-electron chi connectivity index (χ2n) is 6.19. The molecule has 0 aliphatic carbocycles. The summed E-state index contributed by atoms with van der Waals surface area (Å²) in [6, 6.07) is 1.46. The van der Waals surface area contributed by atoms with Crippen molar-refractivity contribution in [2.24, 2.45) is 11.8 Å². The van der Waals surface area contributed by atoms with Crippen molar-refractivity contribution in [1.29, 1.82) is 0 Å². The number of carboxylic acid groups (broad SMARTS) is 1. The minimum absolute atomic E-state index is 0.148. The number of nitrogens with zero attached hydrogens (tertiary/aromatic N) is 2. The lowest BCUT2D eigenvalue weighted by Crippen LogP contribution is -2.38. The van der Waals surface area contributed by atoms with Crippen LogP contribution in [0.2, 0.25) is 5.02 Å². The van der Waals surface area contributed by atoms with Crippen molar-refractivity contribution in [2.75, 3.05) is 19.7 Å². The van der Waals surface area contributed by atoms with Crippen molar-refractivity contribution in [3.05, 3.63) is 22.8 Å². The van der Waals surface area contributed by atoms with Gasteiger partial charge in [0.2, 0.25) is 5.88 Å². The Morgan fingerprint density at radius 1 is 1.30 bits per heavy atom. The standard InChI is InChI=1S/C16H23ClN2O4/c1-10(2)7-19(8-14(20)21)16(22)12-5-13(17)15(18-6-12)23-9-11(3)4/h5-6,10-11H,7-9H2,1-4H3,(H,20,21). The number of pyridine rings is 1. The molecule has 1 aromatic heterocycles. The third-order valence-corrected chi connectivity index (χ3v) is 3.08. The van der Waals surface area contributed by atoms with Gasteiger partial charge in [-0.2, -0.15) is 0 Å². The first-order valence-corrected chi connectivity index (χ1v) is 7.87. The van der Waals surface area contributed by atoms with Gasteiger partial charge in [-0.05, 0) is 17.9 Å². The Labute approximate surface area is 141 Å². The van der Waals surface area contributed by atoms with Crippen LogP contribution >= 0.6 is 11.6 Å². The Morgan fingerprint density at radius 3 is 2.43 bits per heavy atom.